The number of benzene rings is 2. The molecule has 26 heavy (non-hydrogen) atoms. The molecule has 8 heteroatoms. The van der Waals surface area contributed by atoms with E-state index < -0.39 is 11.7 Å². The van der Waals surface area contributed by atoms with Gasteiger partial charge in [-0.25, -0.2) is 8.78 Å². The molecule has 0 radical (unpaired) electrons. The molecule has 1 amide bonds. The summed E-state index contributed by atoms with van der Waals surface area (Å²) in [6, 6.07) is 11.4. The Morgan fingerprint density at radius 1 is 1.12 bits per heavy atom. The lowest BCUT2D eigenvalue weighted by Crippen LogP contribution is -2.24. The highest BCUT2D eigenvalue weighted by molar-refractivity contribution is 7.99. The first-order valence-corrected chi connectivity index (χ1v) is 8.94. The van der Waals surface area contributed by atoms with Gasteiger partial charge in [-0.1, -0.05) is 24.8 Å². The van der Waals surface area contributed by atoms with E-state index in [4.69, 9.17) is 0 Å². The number of aromatic nitrogens is 3. The molecular formula is C18H16F2N4OS. The second-order valence-electron chi connectivity index (χ2n) is 5.34. The Kier molecular flexibility index (Phi) is 5.62. The maximum absolute atomic E-state index is 13.3. The van der Waals surface area contributed by atoms with Crippen molar-refractivity contribution in [1.29, 1.82) is 0 Å². The minimum Gasteiger partial charge on any atom is -0.345 e. The van der Waals surface area contributed by atoms with Crippen molar-refractivity contribution >= 4 is 17.7 Å². The molecule has 1 N–H and O–H groups in total. The van der Waals surface area contributed by atoms with Gasteiger partial charge < -0.3 is 5.32 Å². The van der Waals surface area contributed by atoms with E-state index in [2.05, 4.69) is 15.5 Å². The number of thioether (sulfide) groups is 1. The summed E-state index contributed by atoms with van der Waals surface area (Å²) in [4.78, 5) is 12.2. The van der Waals surface area contributed by atoms with Crippen LogP contribution in [0.3, 0.4) is 0 Å². The van der Waals surface area contributed by atoms with Gasteiger partial charge in [0.05, 0.1) is 6.54 Å². The Morgan fingerprint density at radius 3 is 2.58 bits per heavy atom. The highest BCUT2D eigenvalue weighted by Crippen LogP contribution is 2.22. The third-order valence-corrected chi connectivity index (χ3v) is 4.36. The van der Waals surface area contributed by atoms with Gasteiger partial charge in [-0.3, -0.25) is 9.36 Å². The van der Waals surface area contributed by atoms with Crippen molar-refractivity contribution in [2.45, 2.75) is 18.6 Å². The standard InChI is InChI=1S/C18H16F2N4OS/c1-2-26-18-23-22-16(24(18)15-8-6-13(19)7-9-15)11-21-17(25)12-4-3-5-14(20)10-12/h3-10H,2,11H2,1H3,(H,21,25). The first kappa shape index (κ1) is 18.1. The molecule has 0 unspecified atom stereocenters. The van der Waals surface area contributed by atoms with Crippen molar-refractivity contribution in [2.75, 3.05) is 5.75 Å². The van der Waals surface area contributed by atoms with Crippen LogP contribution in [-0.2, 0) is 6.54 Å². The quantitative estimate of drug-likeness (QED) is 0.670. The van der Waals surface area contributed by atoms with Crippen LogP contribution in [0.4, 0.5) is 8.78 Å². The average Bonchev–Trinajstić information content (AvgIpc) is 3.03. The summed E-state index contributed by atoms with van der Waals surface area (Å²) < 4.78 is 28.2. The van der Waals surface area contributed by atoms with E-state index >= 15 is 0 Å². The van der Waals surface area contributed by atoms with Crippen molar-refractivity contribution in [2.24, 2.45) is 0 Å². The van der Waals surface area contributed by atoms with Crippen LogP contribution in [0.15, 0.2) is 53.7 Å². The zero-order valence-electron chi connectivity index (χ0n) is 13.9. The summed E-state index contributed by atoms with van der Waals surface area (Å²) in [6.45, 7) is 2.09. The molecule has 134 valence electrons. The second kappa shape index (κ2) is 8.09. The third kappa shape index (κ3) is 4.08. The van der Waals surface area contributed by atoms with Gasteiger partial charge in [0, 0.05) is 11.3 Å². The van der Waals surface area contributed by atoms with Gasteiger partial charge in [-0.2, -0.15) is 0 Å². The van der Waals surface area contributed by atoms with Crippen molar-refractivity contribution in [3.8, 4) is 5.69 Å². The maximum Gasteiger partial charge on any atom is 0.251 e. The van der Waals surface area contributed by atoms with E-state index in [9.17, 15) is 13.6 Å². The first-order valence-electron chi connectivity index (χ1n) is 7.95. The molecule has 1 heterocycles. The van der Waals surface area contributed by atoms with Gasteiger partial charge in [-0.15, -0.1) is 10.2 Å². The minimum absolute atomic E-state index is 0.101. The van der Waals surface area contributed by atoms with E-state index in [1.165, 1.54) is 48.2 Å². The molecule has 0 bridgehead atoms. The smallest absolute Gasteiger partial charge is 0.251 e. The lowest BCUT2D eigenvalue weighted by Gasteiger charge is -2.10. The summed E-state index contributed by atoms with van der Waals surface area (Å²) >= 11 is 1.49. The summed E-state index contributed by atoms with van der Waals surface area (Å²) in [5, 5.41) is 11.6. The Labute approximate surface area is 153 Å². The molecule has 3 rings (SSSR count). The van der Waals surface area contributed by atoms with Gasteiger partial charge in [0.1, 0.15) is 11.6 Å². The lowest BCUT2D eigenvalue weighted by molar-refractivity contribution is 0.0949. The number of nitrogens with one attached hydrogen (secondary N) is 1. The van der Waals surface area contributed by atoms with Crippen molar-refractivity contribution < 1.29 is 13.6 Å². The topological polar surface area (TPSA) is 59.8 Å². The van der Waals surface area contributed by atoms with Gasteiger partial charge in [0.25, 0.3) is 5.91 Å². The zero-order chi connectivity index (χ0) is 18.5. The normalized spacial score (nSPS) is 10.7. The summed E-state index contributed by atoms with van der Waals surface area (Å²) in [7, 11) is 0. The molecule has 1 aromatic heterocycles. The highest BCUT2D eigenvalue weighted by atomic mass is 32.2. The summed E-state index contributed by atoms with van der Waals surface area (Å²) in [6.07, 6.45) is 0. The highest BCUT2D eigenvalue weighted by Gasteiger charge is 2.15. The van der Waals surface area contributed by atoms with E-state index in [-0.39, 0.29) is 17.9 Å². The van der Waals surface area contributed by atoms with Crippen LogP contribution < -0.4 is 5.32 Å². The average molecular weight is 374 g/mol. The molecule has 0 aliphatic rings. The van der Waals surface area contributed by atoms with Crippen LogP contribution in [0.1, 0.15) is 23.1 Å². The predicted molar refractivity (Wildman–Crippen MR) is 95.3 cm³/mol. The molecule has 0 spiro atoms. The van der Waals surface area contributed by atoms with Crippen LogP contribution >= 0.6 is 11.8 Å². The van der Waals surface area contributed by atoms with E-state index in [1.807, 2.05) is 6.92 Å². The van der Waals surface area contributed by atoms with Crippen LogP contribution in [-0.4, -0.2) is 26.4 Å². The largest absolute Gasteiger partial charge is 0.345 e. The molecule has 0 fully saturated rings. The first-order chi connectivity index (χ1) is 12.6. The van der Waals surface area contributed by atoms with Crippen LogP contribution in [0.5, 0.6) is 0 Å². The fourth-order valence-electron chi connectivity index (χ4n) is 2.38. The van der Waals surface area contributed by atoms with Crippen LogP contribution in [0, 0.1) is 11.6 Å². The van der Waals surface area contributed by atoms with E-state index in [0.717, 1.165) is 5.75 Å². The van der Waals surface area contributed by atoms with Crippen molar-refractivity contribution in [3.05, 3.63) is 71.6 Å². The molecule has 0 atom stereocenters. The molecule has 0 aliphatic heterocycles. The number of hydrogen-bond donors (Lipinski definition) is 1. The van der Waals surface area contributed by atoms with Gasteiger partial charge in [0.15, 0.2) is 11.0 Å². The van der Waals surface area contributed by atoms with E-state index in [1.54, 1.807) is 16.7 Å². The summed E-state index contributed by atoms with van der Waals surface area (Å²) in [5.41, 5.74) is 0.920. The van der Waals surface area contributed by atoms with Crippen molar-refractivity contribution in [1.82, 2.24) is 20.1 Å². The molecule has 3 aromatic rings. The second-order valence-corrected chi connectivity index (χ2v) is 6.57. The number of halogens is 2. The molecule has 0 saturated carbocycles. The predicted octanol–water partition coefficient (Wildman–Crippen LogP) is 3.59. The number of carbonyl (C=O) groups excluding carboxylic acids is 1. The minimum atomic E-state index is -0.478. The Hall–Kier alpha value is -2.74. The SMILES string of the molecule is CCSc1nnc(CNC(=O)c2cccc(F)c2)n1-c1ccc(F)cc1. The van der Waals surface area contributed by atoms with Gasteiger partial charge >= 0.3 is 0 Å². The number of carbonyl (C=O) groups is 1. The summed E-state index contributed by atoms with van der Waals surface area (Å²) in [5.74, 6) is 0.0519. The monoisotopic (exact) mass is 374 g/mol. The number of amides is 1. The number of nitrogens with zero attached hydrogens (tertiary/aromatic N) is 3. The number of rotatable bonds is 6. The fraction of sp³-hybridized carbons (Fsp3) is 0.167. The fourth-order valence-corrected chi connectivity index (χ4v) is 3.07. The zero-order valence-corrected chi connectivity index (χ0v) is 14.8. The maximum atomic E-state index is 13.3. The molecule has 5 nitrogen and oxygen atoms in total. The Morgan fingerprint density at radius 2 is 1.88 bits per heavy atom. The van der Waals surface area contributed by atoms with Crippen molar-refractivity contribution in [3.63, 3.8) is 0 Å². The van der Waals surface area contributed by atoms with Gasteiger partial charge in [-0.05, 0) is 48.2 Å². The Bertz CT molecular complexity index is 912. The molecule has 0 saturated heterocycles. The molecule has 0 aliphatic carbocycles. The van der Waals surface area contributed by atoms with Crippen LogP contribution in [0.25, 0.3) is 5.69 Å². The lowest BCUT2D eigenvalue weighted by atomic mass is 10.2. The Balaban J connectivity index is 1.83. The third-order valence-electron chi connectivity index (χ3n) is 3.55. The molecular weight excluding hydrogens is 358 g/mol. The molecule has 2 aromatic carbocycles. The van der Waals surface area contributed by atoms with Gasteiger partial charge in [0.2, 0.25) is 0 Å². The number of hydrogen-bond acceptors (Lipinski definition) is 4. The van der Waals surface area contributed by atoms with E-state index in [0.29, 0.717) is 16.7 Å². The van der Waals surface area contributed by atoms with Crippen LogP contribution in [0.2, 0.25) is 0 Å².